The summed E-state index contributed by atoms with van der Waals surface area (Å²) in [6, 6.07) is 4.79. The van der Waals surface area contributed by atoms with Crippen LogP contribution in [0.3, 0.4) is 0 Å². The number of amides is 3. The van der Waals surface area contributed by atoms with Crippen molar-refractivity contribution in [3.05, 3.63) is 65.0 Å². The molecule has 0 aliphatic rings. The SMILES string of the molecule is COCN(C(=O)c1c(F)cccc1F)C(=O)N(COC)c1ccc(C(=O)OC(C)(C)C)cc1F. The van der Waals surface area contributed by atoms with Gasteiger partial charge < -0.3 is 14.2 Å². The van der Waals surface area contributed by atoms with Crippen LogP contribution in [0.15, 0.2) is 36.4 Å². The Morgan fingerprint density at radius 2 is 1.47 bits per heavy atom. The number of carbonyl (C=O) groups excluding carboxylic acids is 3. The summed E-state index contributed by atoms with van der Waals surface area (Å²) in [6.45, 7) is 3.72. The van der Waals surface area contributed by atoms with Gasteiger partial charge in [0.2, 0.25) is 0 Å². The standard InChI is InChI=1S/C23H25F3N2O6/c1-23(2,3)34-21(30)14-9-10-18(17(26)11-14)27(12-32-4)22(31)28(13-33-5)20(29)19-15(24)7-6-8-16(19)25/h6-11H,12-13H2,1-5H3. The van der Waals surface area contributed by atoms with Gasteiger partial charge in [0.05, 0.1) is 11.3 Å². The number of halogens is 3. The molecule has 0 saturated carbocycles. The Kier molecular flexibility index (Phi) is 8.77. The number of anilines is 1. The van der Waals surface area contributed by atoms with Crippen LogP contribution in [-0.2, 0) is 14.2 Å². The van der Waals surface area contributed by atoms with Crippen molar-refractivity contribution >= 4 is 23.6 Å². The van der Waals surface area contributed by atoms with E-state index < -0.39 is 60.0 Å². The lowest BCUT2D eigenvalue weighted by atomic mass is 10.1. The molecule has 8 nitrogen and oxygen atoms in total. The highest BCUT2D eigenvalue weighted by atomic mass is 19.1. The summed E-state index contributed by atoms with van der Waals surface area (Å²) in [7, 11) is 2.37. The number of hydrogen-bond acceptors (Lipinski definition) is 6. The third kappa shape index (κ3) is 6.33. The summed E-state index contributed by atoms with van der Waals surface area (Å²) in [5.41, 5.74) is -2.26. The van der Waals surface area contributed by atoms with Crippen molar-refractivity contribution in [1.82, 2.24) is 4.90 Å². The molecule has 0 radical (unpaired) electrons. The number of imide groups is 1. The predicted octanol–water partition coefficient (Wildman–Crippen LogP) is 4.34. The van der Waals surface area contributed by atoms with Gasteiger partial charge in [-0.25, -0.2) is 27.7 Å². The third-order valence-electron chi connectivity index (χ3n) is 4.27. The Bertz CT molecular complexity index is 1050. The van der Waals surface area contributed by atoms with Crippen molar-refractivity contribution in [3.63, 3.8) is 0 Å². The molecule has 0 atom stereocenters. The van der Waals surface area contributed by atoms with Crippen molar-refractivity contribution in [1.29, 1.82) is 0 Å². The zero-order valence-electron chi connectivity index (χ0n) is 19.4. The zero-order chi connectivity index (χ0) is 25.6. The fourth-order valence-electron chi connectivity index (χ4n) is 2.86. The molecule has 3 amide bonds. The Morgan fingerprint density at radius 1 is 0.882 bits per heavy atom. The maximum atomic E-state index is 15.0. The third-order valence-corrected chi connectivity index (χ3v) is 4.27. The normalized spacial score (nSPS) is 11.2. The van der Waals surface area contributed by atoms with E-state index in [1.807, 2.05) is 0 Å². The second-order valence-electron chi connectivity index (χ2n) is 8.04. The van der Waals surface area contributed by atoms with Gasteiger partial charge in [-0.15, -0.1) is 0 Å². The number of benzene rings is 2. The summed E-state index contributed by atoms with van der Waals surface area (Å²) < 4.78 is 58.3. The monoisotopic (exact) mass is 482 g/mol. The Balaban J connectivity index is 2.44. The van der Waals surface area contributed by atoms with Crippen molar-refractivity contribution in [3.8, 4) is 0 Å². The molecule has 34 heavy (non-hydrogen) atoms. The number of hydrogen-bond donors (Lipinski definition) is 0. The van der Waals surface area contributed by atoms with E-state index in [9.17, 15) is 27.6 Å². The summed E-state index contributed by atoms with van der Waals surface area (Å²) in [5.74, 6) is -5.51. The maximum Gasteiger partial charge on any atom is 0.338 e. The first-order valence-corrected chi connectivity index (χ1v) is 9.99. The average molecular weight is 482 g/mol. The molecule has 2 rings (SSSR count). The lowest BCUT2D eigenvalue weighted by molar-refractivity contribution is 0.00687. The van der Waals surface area contributed by atoms with Crippen LogP contribution in [0.25, 0.3) is 0 Å². The minimum atomic E-state index is -1.34. The maximum absolute atomic E-state index is 15.0. The van der Waals surface area contributed by atoms with Crippen molar-refractivity contribution in [2.75, 3.05) is 32.6 Å². The van der Waals surface area contributed by atoms with Gasteiger partial charge in [-0.1, -0.05) is 6.07 Å². The largest absolute Gasteiger partial charge is 0.456 e. The highest BCUT2D eigenvalue weighted by Gasteiger charge is 2.33. The Hall–Kier alpha value is -3.44. The van der Waals surface area contributed by atoms with E-state index in [0.29, 0.717) is 9.80 Å². The number of methoxy groups -OCH3 is 2. The van der Waals surface area contributed by atoms with Gasteiger partial charge >= 0.3 is 12.0 Å². The van der Waals surface area contributed by atoms with Crippen LogP contribution in [-0.4, -0.2) is 56.1 Å². The van der Waals surface area contributed by atoms with Crippen LogP contribution in [0.1, 0.15) is 41.5 Å². The quantitative estimate of drug-likeness (QED) is 0.431. The fraction of sp³-hybridized carbons (Fsp3) is 0.348. The van der Waals surface area contributed by atoms with Crippen LogP contribution >= 0.6 is 0 Å². The lowest BCUT2D eigenvalue weighted by Crippen LogP contribution is -2.48. The van der Waals surface area contributed by atoms with Gasteiger partial charge in [-0.3, -0.25) is 9.69 Å². The summed E-state index contributed by atoms with van der Waals surface area (Å²) >= 11 is 0. The lowest BCUT2D eigenvalue weighted by Gasteiger charge is -2.29. The minimum absolute atomic E-state index is 0.112. The molecular formula is C23H25F3N2O6. The Labute approximate surface area is 194 Å². The van der Waals surface area contributed by atoms with Crippen molar-refractivity contribution in [2.45, 2.75) is 26.4 Å². The summed E-state index contributed by atoms with van der Waals surface area (Å²) in [4.78, 5) is 39.4. The second-order valence-corrected chi connectivity index (χ2v) is 8.04. The number of ether oxygens (including phenoxy) is 3. The van der Waals surface area contributed by atoms with Crippen LogP contribution in [0, 0.1) is 17.5 Å². The van der Waals surface area contributed by atoms with Crippen molar-refractivity contribution in [2.24, 2.45) is 0 Å². The molecule has 0 N–H and O–H groups in total. The number of urea groups is 1. The fourth-order valence-corrected chi connectivity index (χ4v) is 2.86. The van der Waals surface area contributed by atoms with E-state index in [2.05, 4.69) is 0 Å². The molecule has 0 saturated heterocycles. The van der Waals surface area contributed by atoms with Gasteiger partial charge in [0.15, 0.2) is 0 Å². The zero-order valence-corrected chi connectivity index (χ0v) is 19.4. The number of carbonyl (C=O) groups is 3. The first-order chi connectivity index (χ1) is 15.9. The molecule has 2 aromatic rings. The van der Waals surface area contributed by atoms with Gasteiger partial charge in [0.1, 0.15) is 42.1 Å². The van der Waals surface area contributed by atoms with Gasteiger partial charge in [0.25, 0.3) is 5.91 Å². The summed E-state index contributed by atoms with van der Waals surface area (Å²) in [6.07, 6.45) is 0. The molecule has 184 valence electrons. The van der Waals surface area contributed by atoms with E-state index in [-0.39, 0.29) is 11.3 Å². The first kappa shape index (κ1) is 26.8. The molecule has 2 aromatic carbocycles. The van der Waals surface area contributed by atoms with E-state index >= 15 is 0 Å². The van der Waals surface area contributed by atoms with Gasteiger partial charge in [-0.05, 0) is 51.1 Å². The molecule has 0 fully saturated rings. The molecule has 0 unspecified atom stereocenters. The van der Waals surface area contributed by atoms with Crippen LogP contribution in [0.5, 0.6) is 0 Å². The van der Waals surface area contributed by atoms with E-state index in [0.717, 1.165) is 37.4 Å². The van der Waals surface area contributed by atoms with Crippen LogP contribution < -0.4 is 4.90 Å². The highest BCUT2D eigenvalue weighted by molar-refractivity contribution is 6.09. The summed E-state index contributed by atoms with van der Waals surface area (Å²) in [5, 5.41) is 0. The Morgan fingerprint density at radius 3 is 1.97 bits per heavy atom. The van der Waals surface area contributed by atoms with E-state index in [4.69, 9.17) is 14.2 Å². The van der Waals surface area contributed by atoms with E-state index in [1.165, 1.54) is 13.2 Å². The number of esters is 1. The molecular weight excluding hydrogens is 457 g/mol. The molecule has 0 heterocycles. The predicted molar refractivity (Wildman–Crippen MR) is 116 cm³/mol. The molecule has 11 heteroatoms. The highest BCUT2D eigenvalue weighted by Crippen LogP contribution is 2.25. The number of rotatable bonds is 7. The number of nitrogens with zero attached hydrogens (tertiary/aromatic N) is 2. The molecule has 0 aliphatic carbocycles. The van der Waals surface area contributed by atoms with Crippen molar-refractivity contribution < 1.29 is 41.8 Å². The molecule has 0 aromatic heterocycles. The second kappa shape index (κ2) is 11.1. The smallest absolute Gasteiger partial charge is 0.338 e. The van der Waals surface area contributed by atoms with Gasteiger partial charge in [-0.2, -0.15) is 0 Å². The minimum Gasteiger partial charge on any atom is -0.456 e. The average Bonchev–Trinajstić information content (AvgIpc) is 2.74. The van der Waals surface area contributed by atoms with E-state index in [1.54, 1.807) is 20.8 Å². The first-order valence-electron chi connectivity index (χ1n) is 9.99. The topological polar surface area (TPSA) is 85.4 Å². The molecule has 0 bridgehead atoms. The molecule has 0 aliphatic heterocycles. The van der Waals surface area contributed by atoms with Gasteiger partial charge in [0, 0.05) is 14.2 Å². The molecule has 0 spiro atoms. The van der Waals surface area contributed by atoms with Crippen LogP contribution in [0.4, 0.5) is 23.7 Å². The van der Waals surface area contributed by atoms with Crippen LogP contribution in [0.2, 0.25) is 0 Å².